The molecule has 0 aromatic heterocycles. The van der Waals surface area contributed by atoms with E-state index in [4.69, 9.17) is 11.5 Å². The maximum Gasteiger partial charge on any atom is 0.311 e. The number of hydrogen-bond donors (Lipinski definition) is 3. The van der Waals surface area contributed by atoms with E-state index in [0.29, 0.717) is 17.7 Å². The first kappa shape index (κ1) is 28.0. The smallest absolute Gasteiger partial charge is 0.311 e. The number of rotatable bonds is 20. The molecule has 5 nitrogen and oxygen atoms in total. The summed E-state index contributed by atoms with van der Waals surface area (Å²) < 4.78 is 0. The van der Waals surface area contributed by atoms with E-state index in [9.17, 15) is 9.90 Å². The second-order valence-electron chi connectivity index (χ2n) is 9.08. The molecule has 0 aliphatic heterocycles. The minimum Gasteiger partial charge on any atom is -0.481 e. The van der Waals surface area contributed by atoms with Gasteiger partial charge in [-0.3, -0.25) is 4.79 Å². The van der Waals surface area contributed by atoms with Gasteiger partial charge in [0.2, 0.25) is 0 Å². The number of benzene rings is 1. The van der Waals surface area contributed by atoms with Crippen molar-refractivity contribution in [3.8, 4) is 0 Å². The van der Waals surface area contributed by atoms with Crippen LogP contribution in [0.1, 0.15) is 128 Å². The number of aliphatic imine (C=N–C) groups is 1. The van der Waals surface area contributed by atoms with Gasteiger partial charge in [-0.15, -0.1) is 0 Å². The maximum absolute atomic E-state index is 11.8. The molecule has 5 N–H and O–H groups in total. The molecule has 0 fully saturated rings. The Morgan fingerprint density at radius 3 is 1.66 bits per heavy atom. The summed E-state index contributed by atoms with van der Waals surface area (Å²) in [6.07, 6.45) is 21.6. The topological polar surface area (TPSA) is 102 Å². The molecule has 32 heavy (non-hydrogen) atoms. The quantitative estimate of drug-likeness (QED) is 0.110. The Balaban J connectivity index is 2.10. The molecule has 1 rings (SSSR count). The van der Waals surface area contributed by atoms with Crippen LogP contribution >= 0.6 is 0 Å². The number of unbranched alkanes of at least 4 members (excludes halogenated alkanes) is 15. The van der Waals surface area contributed by atoms with E-state index >= 15 is 0 Å². The van der Waals surface area contributed by atoms with Crippen molar-refractivity contribution in [2.24, 2.45) is 16.5 Å². The molecule has 0 heterocycles. The van der Waals surface area contributed by atoms with E-state index in [1.807, 2.05) is 18.2 Å². The molecule has 1 aromatic rings. The molecule has 0 amide bonds. The lowest BCUT2D eigenvalue weighted by molar-refractivity contribution is -0.139. The predicted molar refractivity (Wildman–Crippen MR) is 136 cm³/mol. The van der Waals surface area contributed by atoms with Gasteiger partial charge in [0.15, 0.2) is 5.96 Å². The molecular formula is C27H47N3O2. The van der Waals surface area contributed by atoms with Crippen LogP contribution in [0.3, 0.4) is 0 Å². The van der Waals surface area contributed by atoms with Crippen LogP contribution in [0.4, 0.5) is 5.69 Å². The highest BCUT2D eigenvalue weighted by atomic mass is 16.4. The third-order valence-corrected chi connectivity index (χ3v) is 6.21. The van der Waals surface area contributed by atoms with Crippen molar-refractivity contribution in [3.05, 3.63) is 29.8 Å². The van der Waals surface area contributed by atoms with Crippen molar-refractivity contribution >= 4 is 17.6 Å². The number of nitrogens with two attached hydrogens (primary N) is 2. The van der Waals surface area contributed by atoms with Crippen molar-refractivity contribution in [2.75, 3.05) is 0 Å². The van der Waals surface area contributed by atoms with Gasteiger partial charge in [0.25, 0.3) is 0 Å². The van der Waals surface area contributed by atoms with Crippen LogP contribution in [0.2, 0.25) is 0 Å². The van der Waals surface area contributed by atoms with Gasteiger partial charge in [0.05, 0.1) is 11.6 Å². The summed E-state index contributed by atoms with van der Waals surface area (Å²) >= 11 is 0. The van der Waals surface area contributed by atoms with E-state index in [0.717, 1.165) is 12.8 Å². The van der Waals surface area contributed by atoms with Gasteiger partial charge >= 0.3 is 5.97 Å². The van der Waals surface area contributed by atoms with Crippen LogP contribution in [0, 0.1) is 0 Å². The molecule has 1 atom stereocenters. The number of carboxylic acids is 1. The molecule has 0 bridgehead atoms. The molecular weight excluding hydrogens is 398 g/mol. The molecule has 1 unspecified atom stereocenters. The van der Waals surface area contributed by atoms with Crippen LogP contribution in [-0.2, 0) is 4.79 Å². The number of para-hydroxylation sites is 1. The number of aliphatic carboxylic acids is 1. The van der Waals surface area contributed by atoms with Gasteiger partial charge in [-0.05, 0) is 18.1 Å². The van der Waals surface area contributed by atoms with Crippen LogP contribution in [-0.4, -0.2) is 17.0 Å². The van der Waals surface area contributed by atoms with Crippen molar-refractivity contribution in [1.82, 2.24) is 0 Å². The highest BCUT2D eigenvalue weighted by Crippen LogP contribution is 2.31. The number of guanidine groups is 1. The normalized spacial score (nSPS) is 11.9. The lowest BCUT2D eigenvalue weighted by Gasteiger charge is -2.15. The highest BCUT2D eigenvalue weighted by Gasteiger charge is 2.22. The Morgan fingerprint density at radius 1 is 0.781 bits per heavy atom. The van der Waals surface area contributed by atoms with Gasteiger partial charge in [-0.25, -0.2) is 4.99 Å². The van der Waals surface area contributed by atoms with Gasteiger partial charge in [-0.2, -0.15) is 0 Å². The van der Waals surface area contributed by atoms with E-state index in [1.165, 1.54) is 89.9 Å². The van der Waals surface area contributed by atoms with Crippen LogP contribution < -0.4 is 11.5 Å². The second kappa shape index (κ2) is 18.5. The number of nitrogens with zero attached hydrogens (tertiary/aromatic N) is 1. The van der Waals surface area contributed by atoms with Gasteiger partial charge in [0.1, 0.15) is 0 Å². The van der Waals surface area contributed by atoms with Gasteiger partial charge < -0.3 is 16.6 Å². The standard InChI is InChI=1S/C27H47N3O2/c1-2-3-4-5-6-7-8-9-10-11-12-13-14-15-16-17-21-24(26(31)32)23-20-18-19-22-25(23)30-27(28)29/h18-20,22,24H,2-17,21H2,1H3,(H,31,32)(H4,28,29,30). The number of carboxylic acid groups (broad SMARTS) is 1. The minimum atomic E-state index is -0.816. The van der Waals surface area contributed by atoms with E-state index in [2.05, 4.69) is 11.9 Å². The molecule has 0 radical (unpaired) electrons. The molecule has 182 valence electrons. The molecule has 0 spiro atoms. The number of hydrogen-bond acceptors (Lipinski definition) is 2. The third kappa shape index (κ3) is 13.4. The summed E-state index contributed by atoms with van der Waals surface area (Å²) in [5, 5.41) is 9.70. The summed E-state index contributed by atoms with van der Waals surface area (Å²) in [6, 6.07) is 7.23. The first-order valence-electron chi connectivity index (χ1n) is 13.0. The zero-order chi connectivity index (χ0) is 23.4. The van der Waals surface area contributed by atoms with Crippen LogP contribution in [0.25, 0.3) is 0 Å². The summed E-state index contributed by atoms with van der Waals surface area (Å²) in [7, 11) is 0. The molecule has 0 saturated carbocycles. The summed E-state index contributed by atoms with van der Waals surface area (Å²) in [5.41, 5.74) is 12.2. The van der Waals surface area contributed by atoms with Crippen molar-refractivity contribution in [2.45, 2.75) is 122 Å². The molecule has 1 aromatic carbocycles. The largest absolute Gasteiger partial charge is 0.481 e. The van der Waals surface area contributed by atoms with Crippen LogP contribution in [0.15, 0.2) is 29.3 Å². The maximum atomic E-state index is 11.8. The lowest BCUT2D eigenvalue weighted by atomic mass is 9.91. The van der Waals surface area contributed by atoms with Crippen molar-refractivity contribution < 1.29 is 9.90 Å². The number of carbonyl (C=O) groups is 1. The van der Waals surface area contributed by atoms with Crippen molar-refractivity contribution in [1.29, 1.82) is 0 Å². The molecule has 0 aliphatic carbocycles. The molecule has 0 saturated heterocycles. The first-order chi connectivity index (χ1) is 15.6. The fourth-order valence-electron chi connectivity index (χ4n) is 4.33. The SMILES string of the molecule is CCCCCCCCCCCCCCCCCCC(C(=O)O)c1ccccc1N=C(N)N. The average molecular weight is 446 g/mol. The Hall–Kier alpha value is -2.04. The Morgan fingerprint density at radius 2 is 1.22 bits per heavy atom. The third-order valence-electron chi connectivity index (χ3n) is 6.21. The lowest BCUT2D eigenvalue weighted by Crippen LogP contribution is -2.22. The van der Waals surface area contributed by atoms with Gasteiger partial charge in [0, 0.05) is 0 Å². The average Bonchev–Trinajstić information content (AvgIpc) is 2.76. The van der Waals surface area contributed by atoms with E-state index in [-0.39, 0.29) is 5.96 Å². The molecule has 0 aliphatic rings. The summed E-state index contributed by atoms with van der Waals surface area (Å²) in [6.45, 7) is 2.27. The fourth-order valence-corrected chi connectivity index (χ4v) is 4.33. The van der Waals surface area contributed by atoms with Crippen LogP contribution in [0.5, 0.6) is 0 Å². The zero-order valence-electron chi connectivity index (χ0n) is 20.4. The zero-order valence-corrected chi connectivity index (χ0v) is 20.4. The predicted octanol–water partition coefficient (Wildman–Crippen LogP) is 7.41. The van der Waals surface area contributed by atoms with E-state index < -0.39 is 11.9 Å². The minimum absolute atomic E-state index is 0.0519. The van der Waals surface area contributed by atoms with Gasteiger partial charge in [-0.1, -0.05) is 128 Å². The van der Waals surface area contributed by atoms with Crippen molar-refractivity contribution in [3.63, 3.8) is 0 Å². The fraction of sp³-hybridized carbons (Fsp3) is 0.704. The Kier molecular flexibility index (Phi) is 16.2. The summed E-state index contributed by atoms with van der Waals surface area (Å²) in [5.74, 6) is -1.44. The monoisotopic (exact) mass is 445 g/mol. The highest BCUT2D eigenvalue weighted by molar-refractivity contribution is 5.82. The Bertz CT molecular complexity index is 642. The van der Waals surface area contributed by atoms with E-state index in [1.54, 1.807) is 6.07 Å². The first-order valence-corrected chi connectivity index (χ1v) is 13.0. The second-order valence-corrected chi connectivity index (χ2v) is 9.08. The molecule has 5 heteroatoms. The summed E-state index contributed by atoms with van der Waals surface area (Å²) in [4.78, 5) is 15.9. The Labute approximate surface area is 196 Å².